The molecule has 1 heterocycles. The van der Waals surface area contributed by atoms with Crippen LogP contribution >= 0.6 is 11.6 Å². The maximum atomic E-state index is 11.8. The number of alkyl halides is 1. The topological polar surface area (TPSA) is 29.1 Å². The number of rotatable bonds is 0. The summed E-state index contributed by atoms with van der Waals surface area (Å²) in [5, 5.41) is 3.44. The van der Waals surface area contributed by atoms with Crippen molar-refractivity contribution in [3.63, 3.8) is 0 Å². The lowest BCUT2D eigenvalue weighted by Gasteiger charge is -2.44. The molecule has 13 heavy (non-hydrogen) atoms. The third kappa shape index (κ3) is 1.50. The highest BCUT2D eigenvalue weighted by atomic mass is 35.5. The third-order valence-electron chi connectivity index (χ3n) is 3.28. The molecule has 1 N–H and O–H groups in total. The largest absolute Gasteiger partial charge is 0.309 e. The molecule has 3 atom stereocenters. The van der Waals surface area contributed by atoms with E-state index in [0.717, 1.165) is 19.3 Å². The van der Waals surface area contributed by atoms with Crippen LogP contribution in [0.15, 0.2) is 0 Å². The van der Waals surface area contributed by atoms with Crippen LogP contribution in [-0.2, 0) is 4.79 Å². The lowest BCUT2D eigenvalue weighted by atomic mass is 9.76. The number of Topliss-reactive ketones (excluding diaryl/α,β-unsaturated/α-hetero) is 1. The zero-order valence-corrected chi connectivity index (χ0v) is 8.73. The Morgan fingerprint density at radius 3 is 3.08 bits per heavy atom. The van der Waals surface area contributed by atoms with E-state index in [0.29, 0.717) is 12.5 Å². The second-order valence-electron chi connectivity index (χ2n) is 4.36. The minimum atomic E-state index is -0.565. The van der Waals surface area contributed by atoms with E-state index in [2.05, 4.69) is 12.2 Å². The van der Waals surface area contributed by atoms with Gasteiger partial charge in [-0.1, -0.05) is 12.8 Å². The van der Waals surface area contributed by atoms with Gasteiger partial charge in [-0.05, 0) is 19.8 Å². The summed E-state index contributed by atoms with van der Waals surface area (Å²) in [4.78, 5) is 11.2. The second kappa shape index (κ2) is 3.25. The summed E-state index contributed by atoms with van der Waals surface area (Å²) in [6.07, 6.45) is 4.81. The first-order valence-corrected chi connectivity index (χ1v) is 5.49. The maximum Gasteiger partial charge on any atom is 0.156 e. The summed E-state index contributed by atoms with van der Waals surface area (Å²) in [5.74, 6) is 0.255. The van der Waals surface area contributed by atoms with Crippen LogP contribution in [0.5, 0.6) is 0 Å². The molecule has 0 bridgehead atoms. The van der Waals surface area contributed by atoms with Gasteiger partial charge in [-0.3, -0.25) is 4.79 Å². The summed E-state index contributed by atoms with van der Waals surface area (Å²) >= 11 is 6.38. The van der Waals surface area contributed by atoms with Crippen LogP contribution < -0.4 is 5.32 Å². The van der Waals surface area contributed by atoms with Crippen molar-refractivity contribution in [1.82, 2.24) is 5.32 Å². The van der Waals surface area contributed by atoms with Gasteiger partial charge < -0.3 is 5.32 Å². The lowest BCUT2D eigenvalue weighted by molar-refractivity contribution is -0.125. The lowest BCUT2D eigenvalue weighted by Crippen LogP contribution is -2.61. The Labute approximate surface area is 84.0 Å². The van der Waals surface area contributed by atoms with Crippen molar-refractivity contribution in [3.8, 4) is 0 Å². The Hall–Kier alpha value is -0.0800. The molecule has 0 amide bonds. The summed E-state index contributed by atoms with van der Waals surface area (Å²) in [7, 11) is 0. The highest BCUT2D eigenvalue weighted by molar-refractivity contribution is 6.36. The predicted octanol–water partition coefficient (Wildman–Crippen LogP) is 1.86. The molecule has 0 aromatic heterocycles. The first-order chi connectivity index (χ1) is 6.13. The van der Waals surface area contributed by atoms with Crippen molar-refractivity contribution in [2.75, 3.05) is 0 Å². The molecule has 2 fully saturated rings. The normalized spacial score (nSPS) is 45.8. The molecule has 1 saturated carbocycles. The van der Waals surface area contributed by atoms with Gasteiger partial charge in [0.1, 0.15) is 4.87 Å². The van der Waals surface area contributed by atoms with E-state index in [4.69, 9.17) is 11.6 Å². The van der Waals surface area contributed by atoms with Gasteiger partial charge in [0.15, 0.2) is 5.78 Å². The fraction of sp³-hybridized carbons (Fsp3) is 0.900. The van der Waals surface area contributed by atoms with Gasteiger partial charge in [-0.2, -0.15) is 0 Å². The Morgan fingerprint density at radius 2 is 2.31 bits per heavy atom. The van der Waals surface area contributed by atoms with Gasteiger partial charge in [0.2, 0.25) is 0 Å². The van der Waals surface area contributed by atoms with Crippen LogP contribution in [0.2, 0.25) is 0 Å². The monoisotopic (exact) mass is 201 g/mol. The number of hydrogen-bond donors (Lipinski definition) is 1. The predicted molar refractivity (Wildman–Crippen MR) is 53.1 cm³/mol. The molecule has 1 aliphatic carbocycles. The van der Waals surface area contributed by atoms with E-state index in [9.17, 15) is 4.79 Å². The van der Waals surface area contributed by atoms with E-state index in [1.807, 2.05) is 0 Å². The van der Waals surface area contributed by atoms with Crippen molar-refractivity contribution in [1.29, 1.82) is 0 Å². The van der Waals surface area contributed by atoms with Crippen molar-refractivity contribution in [3.05, 3.63) is 0 Å². The van der Waals surface area contributed by atoms with Crippen LogP contribution in [0, 0.1) is 0 Å². The fourth-order valence-corrected chi connectivity index (χ4v) is 2.92. The van der Waals surface area contributed by atoms with Crippen LogP contribution in [0.4, 0.5) is 0 Å². The molecule has 0 spiro atoms. The average Bonchev–Trinajstić information content (AvgIpc) is 2.07. The average molecular weight is 202 g/mol. The minimum Gasteiger partial charge on any atom is -0.309 e. The van der Waals surface area contributed by atoms with E-state index in [-0.39, 0.29) is 11.8 Å². The Morgan fingerprint density at radius 1 is 1.54 bits per heavy atom. The van der Waals surface area contributed by atoms with E-state index < -0.39 is 4.87 Å². The van der Waals surface area contributed by atoms with Crippen molar-refractivity contribution in [2.24, 2.45) is 0 Å². The highest BCUT2D eigenvalue weighted by Gasteiger charge is 2.48. The summed E-state index contributed by atoms with van der Waals surface area (Å²) < 4.78 is 0. The Balaban J connectivity index is 2.20. The van der Waals surface area contributed by atoms with Crippen LogP contribution in [-0.4, -0.2) is 22.7 Å². The van der Waals surface area contributed by atoms with E-state index >= 15 is 0 Å². The van der Waals surface area contributed by atoms with Crippen LogP contribution in [0.1, 0.15) is 39.0 Å². The third-order valence-corrected chi connectivity index (χ3v) is 3.94. The SMILES string of the molecule is C[C@@H]1CC(=O)[C@@]2(Cl)CCCC[C@H]2N1. The van der Waals surface area contributed by atoms with Gasteiger partial charge in [0, 0.05) is 18.5 Å². The molecule has 2 aliphatic rings. The van der Waals surface area contributed by atoms with Gasteiger partial charge in [-0.15, -0.1) is 11.6 Å². The zero-order chi connectivity index (χ0) is 9.47. The fourth-order valence-electron chi connectivity index (χ4n) is 2.53. The zero-order valence-electron chi connectivity index (χ0n) is 7.98. The number of hydrogen-bond acceptors (Lipinski definition) is 2. The molecule has 0 radical (unpaired) electrons. The summed E-state index contributed by atoms with van der Waals surface area (Å²) in [6.45, 7) is 2.06. The van der Waals surface area contributed by atoms with Crippen LogP contribution in [0.3, 0.4) is 0 Å². The number of piperidine rings is 1. The molecule has 1 aliphatic heterocycles. The van der Waals surface area contributed by atoms with Gasteiger partial charge >= 0.3 is 0 Å². The summed E-state index contributed by atoms with van der Waals surface area (Å²) in [6, 6.07) is 0.529. The van der Waals surface area contributed by atoms with E-state index in [1.54, 1.807) is 0 Å². The van der Waals surface area contributed by atoms with Gasteiger partial charge in [0.25, 0.3) is 0 Å². The number of halogens is 1. The molecule has 74 valence electrons. The van der Waals surface area contributed by atoms with Crippen molar-refractivity contribution >= 4 is 17.4 Å². The van der Waals surface area contributed by atoms with Gasteiger partial charge in [-0.25, -0.2) is 0 Å². The second-order valence-corrected chi connectivity index (χ2v) is 5.03. The number of carbonyl (C=O) groups is 1. The maximum absolute atomic E-state index is 11.8. The molecule has 0 aromatic carbocycles. The standard InChI is InChI=1S/C10H16ClNO/c1-7-6-9(13)10(11)5-3-2-4-8(10)12-7/h7-8,12H,2-6H2,1H3/t7-,8-,10-/m1/s1. The van der Waals surface area contributed by atoms with Crippen molar-refractivity contribution in [2.45, 2.75) is 56.0 Å². The first kappa shape index (κ1) is 9.47. The molecule has 0 unspecified atom stereocenters. The minimum absolute atomic E-state index is 0.221. The highest BCUT2D eigenvalue weighted by Crippen LogP contribution is 2.39. The van der Waals surface area contributed by atoms with Crippen molar-refractivity contribution < 1.29 is 4.79 Å². The molecule has 2 rings (SSSR count). The number of ketones is 1. The number of carbonyl (C=O) groups excluding carboxylic acids is 1. The number of fused-ring (bicyclic) bond motifs is 1. The number of nitrogens with one attached hydrogen (secondary N) is 1. The molecule has 3 heteroatoms. The van der Waals surface area contributed by atoms with E-state index in [1.165, 1.54) is 6.42 Å². The van der Waals surface area contributed by atoms with Gasteiger partial charge in [0.05, 0.1) is 0 Å². The molecule has 0 aromatic rings. The first-order valence-electron chi connectivity index (χ1n) is 5.11. The smallest absolute Gasteiger partial charge is 0.156 e. The molecule has 2 nitrogen and oxygen atoms in total. The van der Waals surface area contributed by atoms with Crippen LogP contribution in [0.25, 0.3) is 0 Å². The summed E-state index contributed by atoms with van der Waals surface area (Å²) in [5.41, 5.74) is 0. The Kier molecular flexibility index (Phi) is 2.37. The molecule has 1 saturated heterocycles. The molecular formula is C10H16ClNO. The molecular weight excluding hydrogens is 186 g/mol. The quantitative estimate of drug-likeness (QED) is 0.607. The Bertz CT molecular complexity index is 231.